The number of fused-ring (bicyclic) bond motifs is 5. The topological polar surface area (TPSA) is 26.0 Å². The second-order valence-electron chi connectivity index (χ2n) is 7.25. The summed E-state index contributed by atoms with van der Waals surface area (Å²) in [6.45, 7) is 16.8. The van der Waals surface area contributed by atoms with E-state index in [1.165, 1.54) is 31.2 Å². The normalized spacial score (nSPS) is 26.8. The van der Waals surface area contributed by atoms with Crippen LogP contribution in [0.25, 0.3) is 0 Å². The van der Waals surface area contributed by atoms with E-state index in [0.717, 1.165) is 18.0 Å². The van der Waals surface area contributed by atoms with Crippen molar-refractivity contribution < 1.29 is 0 Å². The third-order valence-electron chi connectivity index (χ3n) is 6.34. The molecule has 1 fully saturated rings. The van der Waals surface area contributed by atoms with Gasteiger partial charge in [-0.3, -0.25) is 0 Å². The van der Waals surface area contributed by atoms with Gasteiger partial charge in [-0.15, -0.1) is 0 Å². The highest BCUT2D eigenvalue weighted by Crippen LogP contribution is 2.60. The zero-order chi connectivity index (χ0) is 20.6. The number of hydrogen-bond acceptors (Lipinski definition) is 1. The van der Waals surface area contributed by atoms with Crippen molar-refractivity contribution in [3.63, 3.8) is 0 Å². The summed E-state index contributed by atoms with van der Waals surface area (Å²) in [5.41, 5.74) is 13.7. The van der Waals surface area contributed by atoms with Crippen LogP contribution in [0.1, 0.15) is 98.1 Å². The molecule has 0 bridgehead atoms. The van der Waals surface area contributed by atoms with Crippen LogP contribution in [0.4, 0.5) is 5.69 Å². The SMILES string of the molecule is CC.CC.CC.CCC1=CCC2C3=CCc4cc(N)ccc4C3CCC12C. The van der Waals surface area contributed by atoms with Crippen LogP contribution in [-0.2, 0) is 6.42 Å². The minimum Gasteiger partial charge on any atom is -0.399 e. The lowest BCUT2D eigenvalue weighted by molar-refractivity contribution is 0.214. The Morgan fingerprint density at radius 1 is 1.04 bits per heavy atom. The molecule has 0 spiro atoms. The first-order chi connectivity index (χ1) is 13.1. The van der Waals surface area contributed by atoms with Crippen LogP contribution < -0.4 is 5.73 Å². The standard InChI is InChI=1S/C20H25N.3C2H6/c1-3-14-5-9-19-18-7-4-13-12-15(21)6-8-16(13)17(18)10-11-20(14,19)2;3*1-2/h5-8,12,17,19H,3-4,9-11,21H2,1-2H3;3*1-2H3. The van der Waals surface area contributed by atoms with Gasteiger partial charge in [0.15, 0.2) is 0 Å². The van der Waals surface area contributed by atoms with Crippen molar-refractivity contribution in [3.05, 3.63) is 52.6 Å². The Labute approximate surface area is 169 Å². The lowest BCUT2D eigenvalue weighted by Gasteiger charge is -2.46. The predicted octanol–water partition coefficient (Wildman–Crippen LogP) is 8.07. The quantitative estimate of drug-likeness (QED) is 0.393. The van der Waals surface area contributed by atoms with E-state index in [1.54, 1.807) is 16.7 Å². The van der Waals surface area contributed by atoms with E-state index in [1.807, 2.05) is 41.5 Å². The highest BCUT2D eigenvalue weighted by Gasteiger charge is 2.48. The van der Waals surface area contributed by atoms with Crippen LogP contribution in [0.15, 0.2) is 41.5 Å². The lowest BCUT2D eigenvalue weighted by Crippen LogP contribution is -2.35. The monoisotopic (exact) mass is 369 g/mol. The molecule has 3 aliphatic rings. The molecule has 0 heterocycles. The molecule has 3 unspecified atom stereocenters. The summed E-state index contributed by atoms with van der Waals surface area (Å²) in [4.78, 5) is 0. The summed E-state index contributed by atoms with van der Waals surface area (Å²) in [5, 5.41) is 0. The molecule has 0 amide bonds. The van der Waals surface area contributed by atoms with Gasteiger partial charge in [-0.2, -0.15) is 0 Å². The van der Waals surface area contributed by atoms with Crippen molar-refractivity contribution in [1.29, 1.82) is 0 Å². The van der Waals surface area contributed by atoms with E-state index >= 15 is 0 Å². The summed E-state index contributed by atoms with van der Waals surface area (Å²) in [7, 11) is 0. The zero-order valence-electron chi connectivity index (χ0n) is 19.2. The lowest BCUT2D eigenvalue weighted by atomic mass is 9.58. The molecule has 4 rings (SSSR count). The molecule has 0 aliphatic heterocycles. The fourth-order valence-electron chi connectivity index (χ4n) is 5.21. The van der Waals surface area contributed by atoms with E-state index in [4.69, 9.17) is 5.73 Å². The number of allylic oxidation sites excluding steroid dienone is 4. The molecule has 1 heteroatoms. The van der Waals surface area contributed by atoms with Gasteiger partial charge in [-0.25, -0.2) is 0 Å². The number of anilines is 1. The molecule has 1 saturated carbocycles. The van der Waals surface area contributed by atoms with Gasteiger partial charge in [0.25, 0.3) is 0 Å². The molecule has 0 radical (unpaired) electrons. The molecule has 3 aliphatic carbocycles. The van der Waals surface area contributed by atoms with Gasteiger partial charge in [0.2, 0.25) is 0 Å². The Kier molecular flexibility index (Phi) is 9.36. The molecule has 1 aromatic carbocycles. The van der Waals surface area contributed by atoms with Crippen LogP contribution in [-0.4, -0.2) is 0 Å². The first-order valence-corrected chi connectivity index (χ1v) is 11.4. The minimum atomic E-state index is 0.433. The third-order valence-corrected chi connectivity index (χ3v) is 6.34. The largest absolute Gasteiger partial charge is 0.399 e. The summed E-state index contributed by atoms with van der Waals surface area (Å²) in [6.07, 6.45) is 11.2. The van der Waals surface area contributed by atoms with Crippen LogP contribution in [0.5, 0.6) is 0 Å². The van der Waals surface area contributed by atoms with E-state index in [2.05, 4.69) is 44.2 Å². The van der Waals surface area contributed by atoms with E-state index in [-0.39, 0.29) is 0 Å². The number of hydrogen-bond donors (Lipinski definition) is 1. The molecule has 2 N–H and O–H groups in total. The number of benzene rings is 1. The molecule has 0 aromatic heterocycles. The second-order valence-corrected chi connectivity index (χ2v) is 7.25. The number of rotatable bonds is 1. The summed E-state index contributed by atoms with van der Waals surface area (Å²) in [6, 6.07) is 6.55. The van der Waals surface area contributed by atoms with Gasteiger partial charge < -0.3 is 5.73 Å². The van der Waals surface area contributed by atoms with Crippen molar-refractivity contribution in [2.75, 3.05) is 5.73 Å². The Hall–Kier alpha value is -1.50. The van der Waals surface area contributed by atoms with E-state index < -0.39 is 0 Å². The Balaban J connectivity index is 0.000000556. The summed E-state index contributed by atoms with van der Waals surface area (Å²) in [5.74, 6) is 1.40. The van der Waals surface area contributed by atoms with Gasteiger partial charge in [0.05, 0.1) is 0 Å². The molecule has 3 atom stereocenters. The Morgan fingerprint density at radius 3 is 2.33 bits per heavy atom. The molecular formula is C26H43N. The molecule has 27 heavy (non-hydrogen) atoms. The zero-order valence-corrected chi connectivity index (χ0v) is 19.2. The maximum atomic E-state index is 5.96. The van der Waals surface area contributed by atoms with Gasteiger partial charge in [-0.05, 0) is 66.7 Å². The maximum absolute atomic E-state index is 5.96. The van der Waals surface area contributed by atoms with Crippen LogP contribution in [0.2, 0.25) is 0 Å². The molecule has 1 nitrogen and oxygen atoms in total. The van der Waals surface area contributed by atoms with Crippen molar-refractivity contribution in [2.45, 2.75) is 93.4 Å². The summed E-state index contributed by atoms with van der Waals surface area (Å²) < 4.78 is 0. The molecule has 1 aromatic rings. The molecule has 152 valence electrons. The van der Waals surface area contributed by atoms with Crippen molar-refractivity contribution in [2.24, 2.45) is 11.3 Å². The van der Waals surface area contributed by atoms with Crippen molar-refractivity contribution >= 4 is 5.69 Å². The smallest absolute Gasteiger partial charge is 0.0317 e. The first kappa shape index (κ1) is 23.5. The maximum Gasteiger partial charge on any atom is 0.0317 e. The predicted molar refractivity (Wildman–Crippen MR) is 123 cm³/mol. The van der Waals surface area contributed by atoms with Gasteiger partial charge in [0.1, 0.15) is 0 Å². The number of nitrogens with two attached hydrogens (primary N) is 1. The van der Waals surface area contributed by atoms with Gasteiger partial charge >= 0.3 is 0 Å². The van der Waals surface area contributed by atoms with Crippen LogP contribution in [0.3, 0.4) is 0 Å². The van der Waals surface area contributed by atoms with E-state index in [9.17, 15) is 0 Å². The van der Waals surface area contributed by atoms with Crippen LogP contribution >= 0.6 is 0 Å². The van der Waals surface area contributed by atoms with Crippen molar-refractivity contribution in [1.82, 2.24) is 0 Å². The Morgan fingerprint density at radius 2 is 1.70 bits per heavy atom. The molecular weight excluding hydrogens is 326 g/mol. The van der Waals surface area contributed by atoms with Gasteiger partial charge in [-0.1, -0.05) is 84.8 Å². The Bertz CT molecular complexity index is 652. The highest BCUT2D eigenvalue weighted by atomic mass is 14.6. The first-order valence-electron chi connectivity index (χ1n) is 11.4. The van der Waals surface area contributed by atoms with Gasteiger partial charge in [0, 0.05) is 11.6 Å². The molecule has 0 saturated heterocycles. The average molecular weight is 370 g/mol. The summed E-state index contributed by atoms with van der Waals surface area (Å²) >= 11 is 0. The van der Waals surface area contributed by atoms with Crippen LogP contribution in [0, 0.1) is 11.3 Å². The third kappa shape index (κ3) is 4.33. The number of nitrogen functional groups attached to an aromatic ring is 1. The second kappa shape index (κ2) is 10.7. The fourth-order valence-corrected chi connectivity index (χ4v) is 5.21. The van der Waals surface area contributed by atoms with Crippen molar-refractivity contribution in [3.8, 4) is 0 Å². The highest BCUT2D eigenvalue weighted by molar-refractivity contribution is 5.52. The van der Waals surface area contributed by atoms with E-state index in [0.29, 0.717) is 11.3 Å². The fraction of sp³-hybridized carbons (Fsp3) is 0.615. The average Bonchev–Trinajstić information content (AvgIpc) is 3.08. The minimum absolute atomic E-state index is 0.433.